The van der Waals surface area contributed by atoms with Crippen LogP contribution < -0.4 is 59.3 Å². The van der Waals surface area contributed by atoms with Crippen molar-refractivity contribution in [3.05, 3.63) is 203 Å². The van der Waals surface area contributed by atoms with Gasteiger partial charge in [-0.05, 0) is 120 Å². The molecule has 3 aliphatic heterocycles. The fraction of sp³-hybridized carbons (Fsp3) is 0.443. The van der Waals surface area contributed by atoms with Crippen molar-refractivity contribution in [2.24, 2.45) is 17.4 Å². The first-order chi connectivity index (χ1) is 66.2. The lowest BCUT2D eigenvalue weighted by Gasteiger charge is -2.38. The number of aliphatic hydroxyl groups is 2. The number of aryl methyl sites for hydroxylation is 1. The number of primary amides is 1. The van der Waals surface area contributed by atoms with Crippen LogP contribution in [0, 0.1) is 23.4 Å². The van der Waals surface area contributed by atoms with Crippen LogP contribution >= 0.6 is 11.8 Å². The second kappa shape index (κ2) is 50.4. The summed E-state index contributed by atoms with van der Waals surface area (Å²) in [6.07, 6.45) is -5.71. The summed E-state index contributed by atoms with van der Waals surface area (Å²) in [5.74, 6) is -25.3. The lowest BCUT2D eigenvalue weighted by Crippen LogP contribution is -2.62. The third-order valence-electron chi connectivity index (χ3n) is 24.7. The Kier molecular flexibility index (Phi) is 38.8. The molecule has 1 aromatic heterocycles. The third kappa shape index (κ3) is 29.5. The maximum Gasteiger partial charge on any atom is 0.305 e. The standard InChI is InChI=1S/C97H120F3N17O21S/c1-7-8-25-75-96(137)117-50-63(121)45-79(117)92(133)109-71(46-82(124)125)89(130)112-84(53(2)3)97(138)115(6)77(42-55-20-13-10-14-21-55)90(131)110-73(40-57-28-33-61(119)34-29-57)94(135)116-49-62(120)44-78(116)91(132)108-70(43-59-47-103-67-23-16-15-22-64(59)67)88(129)107-69(39-56-26-31-60(118)32-27-56)87(128)106-68(24-17-36-101)86(127)111-74(85(126)104-48-80(102)122)51-139-52-81(123)105-72(41-58-37-65(98)83(100)66(99)38-58)93(134)113(4)76(95(136)114(75)5)35-30-54-18-11-9-12-19-54/h9-16,18-23,26-29,31-34,37-38,47,53,62-63,68-79,84,103,118-121H,7-8,17,24-25,30,35-36,39-46,48-52,101H2,1-6H3,(H2,102,122)(H,104,126)(H,105,123)(H,106,128)(H,107,129)(H,108,132)(H,109,133)(H,110,131)(H,111,127)(H,112,130)(H,124,125)/t62-,63-,68+,69+,70+,71+,72+,73+,74+,75+,76+,77?,78+,79-,84+/m1/s1. The molecule has 10 rings (SSSR count). The number of thioether (sulfide) groups is 1. The predicted molar refractivity (Wildman–Crippen MR) is 502 cm³/mol. The highest BCUT2D eigenvalue weighted by Crippen LogP contribution is 2.30. The molecule has 0 aliphatic carbocycles. The van der Waals surface area contributed by atoms with Crippen LogP contribution in [-0.2, 0) is 115 Å². The molecule has 15 atom stereocenters. The van der Waals surface area contributed by atoms with Gasteiger partial charge in [0.1, 0.15) is 90.0 Å². The number of para-hydroxylation sites is 1. The Morgan fingerprint density at radius 1 is 0.496 bits per heavy atom. The van der Waals surface area contributed by atoms with Crippen molar-refractivity contribution in [1.29, 1.82) is 0 Å². The summed E-state index contributed by atoms with van der Waals surface area (Å²) in [6.45, 7) is 2.77. The van der Waals surface area contributed by atoms with Crippen molar-refractivity contribution in [2.75, 3.05) is 58.8 Å². The number of likely N-dealkylation sites (N-methyl/N-ethyl adjacent to an activating group) is 3. The smallest absolute Gasteiger partial charge is 0.305 e. The van der Waals surface area contributed by atoms with Gasteiger partial charge in [0.05, 0.1) is 30.9 Å². The number of rotatable bonds is 25. The van der Waals surface area contributed by atoms with Gasteiger partial charge < -0.3 is 114 Å². The van der Waals surface area contributed by atoms with Gasteiger partial charge >= 0.3 is 5.97 Å². The van der Waals surface area contributed by atoms with Gasteiger partial charge in [-0.15, -0.1) is 11.8 Å². The number of H-pyrrole nitrogens is 1. The van der Waals surface area contributed by atoms with Crippen molar-refractivity contribution < 1.29 is 115 Å². The highest BCUT2D eigenvalue weighted by Gasteiger charge is 2.48. The second-order valence-electron chi connectivity index (χ2n) is 35.4. The van der Waals surface area contributed by atoms with Gasteiger partial charge in [-0.25, -0.2) is 13.2 Å². The molecular formula is C97H120F3N17O21S. The van der Waals surface area contributed by atoms with Crippen molar-refractivity contribution in [1.82, 2.24) is 77.3 Å². The van der Waals surface area contributed by atoms with E-state index < -0.39 is 272 Å². The molecule has 38 nitrogen and oxygen atoms in total. The Morgan fingerprint density at radius 3 is 1.55 bits per heavy atom. The number of hydrogen-bond acceptors (Lipinski definition) is 22. The van der Waals surface area contributed by atoms with Crippen LogP contribution in [0.25, 0.3) is 10.9 Å². The zero-order chi connectivity index (χ0) is 101. The number of nitrogens with zero attached hydrogens (tertiary/aromatic N) is 5. The Hall–Kier alpha value is -14.0. The number of aromatic nitrogens is 1. The minimum atomic E-state index is -2.06. The number of unbranched alkanes of at least 4 members (excludes halogenated alkanes) is 1. The number of aromatic amines is 1. The van der Waals surface area contributed by atoms with Crippen LogP contribution in [0.3, 0.4) is 0 Å². The summed E-state index contributed by atoms with van der Waals surface area (Å²) in [6, 6.07) is 13.4. The highest BCUT2D eigenvalue weighted by molar-refractivity contribution is 8.00. The Labute approximate surface area is 804 Å². The van der Waals surface area contributed by atoms with Gasteiger partial charge in [-0.1, -0.05) is 137 Å². The summed E-state index contributed by atoms with van der Waals surface area (Å²) in [5.41, 5.74) is 13.8. The number of phenols is 2. The van der Waals surface area contributed by atoms with E-state index >= 15 is 56.7 Å². The molecule has 6 aromatic carbocycles. The first kappa shape index (κ1) is 107. The number of benzene rings is 6. The number of fused-ring (bicyclic) bond motifs is 3. The number of aliphatic carboxylic acids is 1. The molecule has 3 saturated heterocycles. The molecule has 0 radical (unpaired) electrons. The number of nitrogens with one attached hydrogen (secondary N) is 10. The number of carbonyl (C=O) groups is 16. The molecule has 746 valence electrons. The number of carboxylic acid groups (broad SMARTS) is 1. The number of halogens is 3. The maximum atomic E-state index is 15.8. The quantitative estimate of drug-likeness (QED) is 0.0352. The van der Waals surface area contributed by atoms with Crippen molar-refractivity contribution >= 4 is 117 Å². The van der Waals surface area contributed by atoms with Crippen LogP contribution in [0.2, 0.25) is 0 Å². The van der Waals surface area contributed by atoms with Crippen LogP contribution in [0.5, 0.6) is 11.5 Å². The van der Waals surface area contributed by atoms with Gasteiger partial charge in [0.25, 0.3) is 0 Å². The minimum absolute atomic E-state index is 0.00320. The van der Waals surface area contributed by atoms with Crippen LogP contribution in [0.4, 0.5) is 13.2 Å². The van der Waals surface area contributed by atoms with Crippen LogP contribution in [-0.4, -0.2) is 299 Å². The van der Waals surface area contributed by atoms with Gasteiger partial charge in [0.15, 0.2) is 17.5 Å². The van der Waals surface area contributed by atoms with E-state index in [0.29, 0.717) is 69.0 Å². The molecule has 42 heteroatoms. The number of hydrogen-bond donors (Lipinski definition) is 17. The van der Waals surface area contributed by atoms with E-state index in [1.54, 1.807) is 98.0 Å². The lowest BCUT2D eigenvalue weighted by atomic mass is 9.98. The summed E-state index contributed by atoms with van der Waals surface area (Å²) in [5, 5.41) is 78.3. The van der Waals surface area contributed by atoms with Crippen LogP contribution in [0.1, 0.15) is 112 Å². The van der Waals surface area contributed by atoms with Crippen molar-refractivity contribution in [3.63, 3.8) is 0 Å². The molecule has 139 heavy (non-hydrogen) atoms. The molecule has 3 fully saturated rings. The molecule has 0 bridgehead atoms. The predicted octanol–water partition coefficient (Wildman–Crippen LogP) is 0.834. The number of carbonyl (C=O) groups excluding carboxylic acids is 15. The van der Waals surface area contributed by atoms with Gasteiger partial charge in [-0.2, -0.15) is 0 Å². The first-order valence-electron chi connectivity index (χ1n) is 45.8. The second-order valence-corrected chi connectivity index (χ2v) is 36.4. The van der Waals surface area contributed by atoms with E-state index in [-0.39, 0.29) is 81.4 Å². The van der Waals surface area contributed by atoms with Crippen molar-refractivity contribution in [2.45, 2.75) is 208 Å². The fourth-order valence-corrected chi connectivity index (χ4v) is 18.0. The van der Waals surface area contributed by atoms with E-state index in [1.165, 1.54) is 83.5 Å². The van der Waals surface area contributed by atoms with Gasteiger partial charge in [0, 0.05) is 102 Å². The lowest BCUT2D eigenvalue weighted by molar-refractivity contribution is -0.152. The molecule has 7 aromatic rings. The zero-order valence-corrected chi connectivity index (χ0v) is 78.5. The van der Waals surface area contributed by atoms with E-state index in [0.717, 1.165) is 24.5 Å². The average Bonchev–Trinajstić information content (AvgIpc) is 1.64. The number of phenolic OH excluding ortho intramolecular Hbond substituents is 2. The Balaban J connectivity index is 1.07. The maximum absolute atomic E-state index is 15.8. The number of carboxylic acids is 1. The molecular weight excluding hydrogens is 1830 g/mol. The molecule has 0 spiro atoms. The number of aliphatic hydroxyl groups excluding tert-OH is 2. The van der Waals surface area contributed by atoms with E-state index in [4.69, 9.17) is 11.5 Å². The summed E-state index contributed by atoms with van der Waals surface area (Å²) < 4.78 is 45.2. The molecule has 19 N–H and O–H groups in total. The van der Waals surface area contributed by atoms with Crippen molar-refractivity contribution in [3.8, 4) is 11.5 Å². The molecule has 15 amide bonds. The normalized spacial score (nSPS) is 24.1. The first-order valence-corrected chi connectivity index (χ1v) is 46.9. The molecule has 4 heterocycles. The molecule has 0 saturated carbocycles. The topological polar surface area (TPSA) is 567 Å². The minimum Gasteiger partial charge on any atom is -0.508 e. The molecule has 1 unspecified atom stereocenters. The van der Waals surface area contributed by atoms with E-state index in [1.807, 2.05) is 0 Å². The third-order valence-corrected chi connectivity index (χ3v) is 25.7. The van der Waals surface area contributed by atoms with Crippen LogP contribution in [0.15, 0.2) is 152 Å². The highest BCUT2D eigenvalue weighted by atomic mass is 32.2. The summed E-state index contributed by atoms with van der Waals surface area (Å²) in [7, 11) is 3.64. The average molecular weight is 1950 g/mol. The van der Waals surface area contributed by atoms with E-state index in [9.17, 15) is 58.7 Å². The number of amides is 15. The SMILES string of the molecule is CCCC[C@H]1C(=O)N2C[C@H](O)C[C@@H]2C(=O)N[C@@H](CC(=O)O)C(=O)N[C@@H](C(C)C)C(=O)N(C)C(Cc2ccccc2)C(=O)N[C@@H](Cc2ccc(O)cc2)C(=O)N2C[C@H](O)C[C@H]2C(=O)N[C@@H](Cc2c[nH]c3ccccc23)C(=O)N[C@@H](Cc2ccc(O)cc2)C(=O)N[C@@H](CCCN)C(=O)N[C@H](C(=O)NCC(N)=O)CSCC(=O)N[C@@H](Cc2cc(F)c(F)c(F)c2)C(=O)N(C)[C@@H](CCc2ccccc2)C(=O)N1C. The number of nitrogens with two attached hydrogens (primary N) is 2. The van der Waals surface area contributed by atoms with Gasteiger partial charge in [0.2, 0.25) is 88.6 Å². The summed E-state index contributed by atoms with van der Waals surface area (Å²) in [4.78, 5) is 247. The Morgan fingerprint density at radius 2 is 0.978 bits per heavy atom. The number of aromatic hydroxyl groups is 2. The monoisotopic (exact) mass is 1950 g/mol. The van der Waals surface area contributed by atoms with Gasteiger partial charge in [-0.3, -0.25) is 76.7 Å². The largest absolute Gasteiger partial charge is 0.508 e. The zero-order valence-electron chi connectivity index (χ0n) is 77.7. The Bertz CT molecular complexity index is 5530. The van der Waals surface area contributed by atoms with E-state index in [2.05, 4.69) is 52.8 Å². The molecule has 3 aliphatic rings. The summed E-state index contributed by atoms with van der Waals surface area (Å²) >= 11 is 0.638. The fourth-order valence-electron chi connectivity index (χ4n) is 17.1.